The van der Waals surface area contributed by atoms with E-state index in [1.165, 1.54) is 0 Å². The van der Waals surface area contributed by atoms with Crippen LogP contribution in [0, 0.1) is 0 Å². The molecule has 1 aromatic heterocycles. The Bertz CT molecular complexity index is 854. The van der Waals surface area contributed by atoms with E-state index in [1.807, 2.05) is 24.3 Å². The number of carbonyl (C=O) groups is 2. The predicted octanol–water partition coefficient (Wildman–Crippen LogP) is 3.86. The van der Waals surface area contributed by atoms with Crippen LogP contribution in [0.25, 0.3) is 10.9 Å². The van der Waals surface area contributed by atoms with E-state index in [-0.39, 0.29) is 18.0 Å². The van der Waals surface area contributed by atoms with Gasteiger partial charge in [0, 0.05) is 22.7 Å². The summed E-state index contributed by atoms with van der Waals surface area (Å²) in [5.41, 5.74) is 1.61. The second kappa shape index (κ2) is 6.03. The number of aromatic nitrogens is 1. The summed E-state index contributed by atoms with van der Waals surface area (Å²) in [5.74, 6) is -0.878. The Labute approximate surface area is 131 Å². The van der Waals surface area contributed by atoms with Crippen LogP contribution in [-0.2, 0) is 4.74 Å². The van der Waals surface area contributed by atoms with Crippen molar-refractivity contribution >= 4 is 34.3 Å². The molecule has 0 aliphatic carbocycles. The Balaban J connectivity index is 1.73. The van der Waals surface area contributed by atoms with Crippen molar-refractivity contribution in [1.82, 2.24) is 4.98 Å². The van der Waals surface area contributed by atoms with Crippen LogP contribution >= 0.6 is 11.6 Å². The minimum atomic E-state index is -0.612. The summed E-state index contributed by atoms with van der Waals surface area (Å²) in [6.45, 7) is -0.327. The van der Waals surface area contributed by atoms with Crippen LogP contribution in [-0.4, -0.2) is 23.3 Å². The van der Waals surface area contributed by atoms with Crippen molar-refractivity contribution in [3.05, 3.63) is 70.9 Å². The SMILES string of the molecule is O=C(OCC(=O)c1c[nH]c2ccccc12)c1ccccc1Cl. The summed E-state index contributed by atoms with van der Waals surface area (Å²) < 4.78 is 5.06. The van der Waals surface area contributed by atoms with Gasteiger partial charge in [0.15, 0.2) is 6.61 Å². The van der Waals surface area contributed by atoms with E-state index in [4.69, 9.17) is 16.3 Å². The first-order chi connectivity index (χ1) is 10.7. The lowest BCUT2D eigenvalue weighted by Crippen LogP contribution is -2.14. The number of para-hydroxylation sites is 1. The molecule has 0 saturated heterocycles. The highest BCUT2D eigenvalue weighted by atomic mass is 35.5. The minimum Gasteiger partial charge on any atom is -0.454 e. The number of esters is 1. The number of nitrogens with one attached hydrogen (secondary N) is 1. The predicted molar refractivity (Wildman–Crippen MR) is 84.4 cm³/mol. The smallest absolute Gasteiger partial charge is 0.340 e. The van der Waals surface area contributed by atoms with Gasteiger partial charge in [0.2, 0.25) is 5.78 Å². The van der Waals surface area contributed by atoms with Crippen molar-refractivity contribution in [2.45, 2.75) is 0 Å². The molecule has 0 amide bonds. The van der Waals surface area contributed by atoms with Crippen LogP contribution in [0.2, 0.25) is 5.02 Å². The van der Waals surface area contributed by atoms with Crippen LogP contribution in [0.5, 0.6) is 0 Å². The maximum absolute atomic E-state index is 12.2. The van der Waals surface area contributed by atoms with Gasteiger partial charge in [0.25, 0.3) is 0 Å². The molecule has 1 N–H and O–H groups in total. The fourth-order valence-electron chi connectivity index (χ4n) is 2.22. The van der Waals surface area contributed by atoms with Crippen molar-refractivity contribution in [3.63, 3.8) is 0 Å². The van der Waals surface area contributed by atoms with Crippen LogP contribution in [0.1, 0.15) is 20.7 Å². The molecule has 0 aliphatic rings. The molecule has 0 fully saturated rings. The molecule has 3 aromatic rings. The standard InChI is InChI=1S/C17H12ClNO3/c18-14-7-3-1-6-12(14)17(21)22-10-16(20)13-9-19-15-8-4-2-5-11(13)15/h1-9,19H,10H2. The number of ketones is 1. The number of ether oxygens (including phenoxy) is 1. The van der Waals surface area contributed by atoms with E-state index >= 15 is 0 Å². The molecule has 0 spiro atoms. The monoisotopic (exact) mass is 313 g/mol. The molecule has 0 bridgehead atoms. The number of fused-ring (bicyclic) bond motifs is 1. The Hall–Kier alpha value is -2.59. The van der Waals surface area contributed by atoms with Gasteiger partial charge in [0.05, 0.1) is 10.6 Å². The number of Topliss-reactive ketones (excluding diaryl/α,β-unsaturated/α-hetero) is 1. The first-order valence-electron chi connectivity index (χ1n) is 6.68. The first-order valence-corrected chi connectivity index (χ1v) is 7.05. The average Bonchev–Trinajstić information content (AvgIpc) is 2.97. The lowest BCUT2D eigenvalue weighted by Gasteiger charge is -2.05. The van der Waals surface area contributed by atoms with Crippen LogP contribution < -0.4 is 0 Å². The van der Waals surface area contributed by atoms with Gasteiger partial charge in [-0.25, -0.2) is 4.79 Å². The lowest BCUT2D eigenvalue weighted by atomic mass is 10.1. The Kier molecular flexibility index (Phi) is 3.94. The third kappa shape index (κ3) is 2.73. The van der Waals surface area contributed by atoms with Crippen LogP contribution in [0.15, 0.2) is 54.7 Å². The maximum Gasteiger partial charge on any atom is 0.340 e. The number of H-pyrrole nitrogens is 1. The van der Waals surface area contributed by atoms with Gasteiger partial charge in [-0.3, -0.25) is 4.79 Å². The molecule has 3 rings (SSSR count). The summed E-state index contributed by atoms with van der Waals surface area (Å²) in [7, 11) is 0. The highest BCUT2D eigenvalue weighted by Gasteiger charge is 2.16. The molecule has 1 heterocycles. The van der Waals surface area contributed by atoms with E-state index in [0.717, 1.165) is 10.9 Å². The molecule has 0 radical (unpaired) electrons. The Morgan fingerprint density at radius 3 is 2.55 bits per heavy atom. The highest BCUT2D eigenvalue weighted by molar-refractivity contribution is 6.33. The fourth-order valence-corrected chi connectivity index (χ4v) is 2.43. The largest absolute Gasteiger partial charge is 0.454 e. The van der Waals surface area contributed by atoms with E-state index in [1.54, 1.807) is 30.5 Å². The van der Waals surface area contributed by atoms with Gasteiger partial charge >= 0.3 is 5.97 Å². The molecule has 22 heavy (non-hydrogen) atoms. The summed E-state index contributed by atoms with van der Waals surface area (Å²) in [6.07, 6.45) is 1.62. The topological polar surface area (TPSA) is 59.2 Å². The van der Waals surface area contributed by atoms with Gasteiger partial charge < -0.3 is 9.72 Å². The Morgan fingerprint density at radius 1 is 1.00 bits per heavy atom. The van der Waals surface area contributed by atoms with Gasteiger partial charge in [-0.15, -0.1) is 0 Å². The maximum atomic E-state index is 12.2. The Morgan fingerprint density at radius 2 is 1.73 bits per heavy atom. The minimum absolute atomic E-state index is 0.246. The summed E-state index contributed by atoms with van der Waals surface area (Å²) in [5, 5.41) is 1.10. The quantitative estimate of drug-likeness (QED) is 0.587. The van der Waals surface area contributed by atoms with E-state index in [0.29, 0.717) is 10.6 Å². The van der Waals surface area contributed by atoms with Crippen molar-refractivity contribution in [2.24, 2.45) is 0 Å². The fraction of sp³-hybridized carbons (Fsp3) is 0.0588. The zero-order valence-electron chi connectivity index (χ0n) is 11.5. The number of hydrogen-bond donors (Lipinski definition) is 1. The van der Waals surface area contributed by atoms with Gasteiger partial charge in [-0.05, 0) is 18.2 Å². The number of carbonyl (C=O) groups excluding carboxylic acids is 2. The third-order valence-corrected chi connectivity index (χ3v) is 3.65. The van der Waals surface area contributed by atoms with Crippen molar-refractivity contribution in [2.75, 3.05) is 6.61 Å². The highest BCUT2D eigenvalue weighted by Crippen LogP contribution is 2.19. The van der Waals surface area contributed by atoms with E-state index < -0.39 is 5.97 Å². The molecule has 0 unspecified atom stereocenters. The van der Waals surface area contributed by atoms with E-state index in [9.17, 15) is 9.59 Å². The second-order valence-electron chi connectivity index (χ2n) is 4.73. The normalized spacial score (nSPS) is 10.6. The lowest BCUT2D eigenvalue weighted by molar-refractivity contribution is 0.0475. The van der Waals surface area contributed by atoms with Gasteiger partial charge in [0.1, 0.15) is 0 Å². The third-order valence-electron chi connectivity index (χ3n) is 3.32. The molecular formula is C17H12ClNO3. The molecule has 4 nitrogen and oxygen atoms in total. The summed E-state index contributed by atoms with van der Waals surface area (Å²) in [4.78, 5) is 27.2. The zero-order valence-corrected chi connectivity index (χ0v) is 12.3. The number of hydrogen-bond acceptors (Lipinski definition) is 3. The van der Waals surface area contributed by atoms with Crippen molar-refractivity contribution < 1.29 is 14.3 Å². The van der Waals surface area contributed by atoms with Gasteiger partial charge in [-0.2, -0.15) is 0 Å². The molecule has 0 atom stereocenters. The summed E-state index contributed by atoms with van der Waals surface area (Å²) >= 11 is 5.92. The van der Waals surface area contributed by atoms with Crippen molar-refractivity contribution in [1.29, 1.82) is 0 Å². The number of halogens is 1. The molecular weight excluding hydrogens is 302 g/mol. The molecule has 0 aliphatic heterocycles. The molecule has 0 saturated carbocycles. The average molecular weight is 314 g/mol. The number of rotatable bonds is 4. The first kappa shape index (κ1) is 14.4. The van der Waals surface area contributed by atoms with Gasteiger partial charge in [-0.1, -0.05) is 41.9 Å². The molecule has 5 heteroatoms. The van der Waals surface area contributed by atoms with E-state index in [2.05, 4.69) is 4.98 Å². The van der Waals surface area contributed by atoms with Crippen molar-refractivity contribution in [3.8, 4) is 0 Å². The number of benzene rings is 2. The van der Waals surface area contributed by atoms with Crippen LogP contribution in [0.4, 0.5) is 0 Å². The second-order valence-corrected chi connectivity index (χ2v) is 5.13. The number of aromatic amines is 1. The molecule has 110 valence electrons. The molecule has 2 aromatic carbocycles. The summed E-state index contributed by atoms with van der Waals surface area (Å²) in [6, 6.07) is 14.0. The zero-order chi connectivity index (χ0) is 15.5. The van der Waals surface area contributed by atoms with Crippen LogP contribution in [0.3, 0.4) is 0 Å².